The summed E-state index contributed by atoms with van der Waals surface area (Å²) in [6.07, 6.45) is 0. The topological polar surface area (TPSA) is 0 Å². The van der Waals surface area contributed by atoms with Gasteiger partial charge in [-0.25, -0.2) is 0 Å². The highest BCUT2D eigenvalue weighted by Crippen LogP contribution is 1.49. The molecule has 0 amide bonds. The van der Waals surface area contributed by atoms with E-state index in [-0.39, 0.29) is 14.1 Å². The standard InChI is InChI=1S/C2H8Si.3FH/c1-2-3;;;/h2H2,1,3H3;3*1H. The van der Waals surface area contributed by atoms with E-state index in [2.05, 4.69) is 6.92 Å². The molecule has 0 aromatic carbocycles. The molecule has 0 atom stereocenters. The van der Waals surface area contributed by atoms with Crippen LogP contribution in [0.3, 0.4) is 0 Å². The van der Waals surface area contributed by atoms with Gasteiger partial charge in [0.2, 0.25) is 0 Å². The van der Waals surface area contributed by atoms with Crippen LogP contribution in [0.4, 0.5) is 14.1 Å². The summed E-state index contributed by atoms with van der Waals surface area (Å²) in [5.74, 6) is 0. The highest BCUT2D eigenvalue weighted by Gasteiger charge is 1.36. The zero-order chi connectivity index (χ0) is 2.71. The van der Waals surface area contributed by atoms with Crippen LogP contribution in [0.5, 0.6) is 0 Å². The van der Waals surface area contributed by atoms with E-state index < -0.39 is 0 Å². The highest BCUT2D eigenvalue weighted by atomic mass is 28.1. The molecule has 0 unspecified atom stereocenters. The van der Waals surface area contributed by atoms with Gasteiger partial charge in [0, 0.05) is 10.2 Å². The second-order valence-corrected chi connectivity index (χ2v) is 2.12. The lowest BCUT2D eigenvalue weighted by Crippen LogP contribution is -1.41. The van der Waals surface area contributed by atoms with E-state index in [1.807, 2.05) is 0 Å². The van der Waals surface area contributed by atoms with Gasteiger partial charge in [0.05, 0.1) is 0 Å². The number of halogens is 3. The molecule has 0 aliphatic heterocycles. The summed E-state index contributed by atoms with van der Waals surface area (Å²) in [4.78, 5) is 0. The van der Waals surface area contributed by atoms with Crippen LogP contribution in [0, 0.1) is 0 Å². The summed E-state index contributed by atoms with van der Waals surface area (Å²) in [5.41, 5.74) is 0. The van der Waals surface area contributed by atoms with Crippen molar-refractivity contribution in [3.63, 3.8) is 0 Å². The third-order valence-electron chi connectivity index (χ3n) is 0. The summed E-state index contributed by atoms with van der Waals surface area (Å²) in [5, 5.41) is 0. The molecule has 0 saturated heterocycles. The molecule has 6 heavy (non-hydrogen) atoms. The Kier molecular flexibility index (Phi) is 494. The molecule has 0 radical (unpaired) electrons. The van der Waals surface area contributed by atoms with E-state index in [1.165, 1.54) is 16.3 Å². The fourth-order valence-electron chi connectivity index (χ4n) is 0. The number of hydrogen-bond donors (Lipinski definition) is 0. The van der Waals surface area contributed by atoms with E-state index in [0.29, 0.717) is 0 Å². The normalized spacial score (nSPS) is 3.50. The van der Waals surface area contributed by atoms with Crippen molar-refractivity contribution in [1.29, 1.82) is 0 Å². The summed E-state index contributed by atoms with van der Waals surface area (Å²) >= 11 is 0. The van der Waals surface area contributed by atoms with Crippen molar-refractivity contribution in [2.75, 3.05) is 0 Å². The van der Waals surface area contributed by atoms with Crippen LogP contribution >= 0.6 is 0 Å². The molecule has 0 aliphatic carbocycles. The molecular formula is C2H11F3Si. The summed E-state index contributed by atoms with van der Waals surface area (Å²) in [7, 11) is 1.37. The molecule has 0 fully saturated rings. The fourth-order valence-corrected chi connectivity index (χ4v) is 0. The summed E-state index contributed by atoms with van der Waals surface area (Å²) < 4.78 is 0. The van der Waals surface area contributed by atoms with Crippen LogP contribution in [-0.2, 0) is 0 Å². The monoisotopic (exact) mass is 120 g/mol. The first-order chi connectivity index (χ1) is 1.41. The first kappa shape index (κ1) is 37.4. The molecule has 0 aliphatic rings. The van der Waals surface area contributed by atoms with Crippen molar-refractivity contribution in [3.8, 4) is 0 Å². The van der Waals surface area contributed by atoms with Gasteiger partial charge in [-0.1, -0.05) is 13.0 Å². The average molecular weight is 120 g/mol. The maximum absolute atomic E-state index is 2.19. The van der Waals surface area contributed by atoms with Crippen molar-refractivity contribution in [3.05, 3.63) is 0 Å². The quantitative estimate of drug-likeness (QED) is 0.402. The lowest BCUT2D eigenvalue weighted by Gasteiger charge is -1.47. The zero-order valence-corrected chi connectivity index (χ0v) is 5.93. The van der Waals surface area contributed by atoms with Gasteiger partial charge < -0.3 is 0 Å². The lowest BCUT2D eigenvalue weighted by molar-refractivity contribution is 1.11. The maximum atomic E-state index is 2.19. The third kappa shape index (κ3) is 765000. The first-order valence-corrected chi connectivity index (χ1v) is 2.83. The van der Waals surface area contributed by atoms with Crippen molar-refractivity contribution in [1.82, 2.24) is 0 Å². The van der Waals surface area contributed by atoms with Crippen LogP contribution in [0.15, 0.2) is 0 Å². The Labute approximate surface area is 38.5 Å². The minimum Gasteiger partial charge on any atom is -0.269 e. The second-order valence-electron chi connectivity index (χ2n) is 0.707. The molecule has 4 heteroatoms. The Bertz CT molecular complexity index is 8.75. The molecule has 0 aromatic rings. The van der Waals surface area contributed by atoms with Crippen LogP contribution in [0.25, 0.3) is 0 Å². The molecule has 0 bridgehead atoms. The minimum atomic E-state index is 0. The van der Waals surface area contributed by atoms with Crippen molar-refractivity contribution in [2.24, 2.45) is 0 Å². The highest BCUT2D eigenvalue weighted by molar-refractivity contribution is 6.08. The van der Waals surface area contributed by atoms with E-state index in [1.54, 1.807) is 0 Å². The molecule has 0 saturated carbocycles. The number of rotatable bonds is 0. The average Bonchev–Trinajstić information content (AvgIpc) is 0.918. The molecular weight excluding hydrogens is 109 g/mol. The maximum Gasteiger partial charge on any atom is 0.00244 e. The van der Waals surface area contributed by atoms with Crippen LogP contribution in [0.1, 0.15) is 6.92 Å². The van der Waals surface area contributed by atoms with Crippen LogP contribution in [-0.4, -0.2) is 10.2 Å². The summed E-state index contributed by atoms with van der Waals surface area (Å²) in [6.45, 7) is 2.19. The van der Waals surface area contributed by atoms with Gasteiger partial charge in [0.1, 0.15) is 0 Å². The minimum absolute atomic E-state index is 0. The van der Waals surface area contributed by atoms with E-state index >= 15 is 0 Å². The van der Waals surface area contributed by atoms with Crippen molar-refractivity contribution in [2.45, 2.75) is 13.0 Å². The Balaban J connectivity index is -0.00000000667. The Hall–Kier alpha value is 0.00688. The van der Waals surface area contributed by atoms with E-state index in [4.69, 9.17) is 0 Å². The van der Waals surface area contributed by atoms with Gasteiger partial charge in [-0.3, -0.25) is 14.1 Å². The van der Waals surface area contributed by atoms with Gasteiger partial charge in [0.25, 0.3) is 0 Å². The van der Waals surface area contributed by atoms with Gasteiger partial charge in [-0.15, -0.1) is 0 Å². The predicted octanol–water partition coefficient (Wildman–Crippen LogP) is 0.247. The van der Waals surface area contributed by atoms with Gasteiger partial charge in [0.15, 0.2) is 0 Å². The molecule has 0 aromatic heterocycles. The molecule has 0 spiro atoms. The molecule has 0 heterocycles. The Morgan fingerprint density at radius 2 is 1.17 bits per heavy atom. The Morgan fingerprint density at radius 3 is 1.17 bits per heavy atom. The van der Waals surface area contributed by atoms with Gasteiger partial charge >= 0.3 is 0 Å². The van der Waals surface area contributed by atoms with E-state index in [9.17, 15) is 0 Å². The first-order valence-electron chi connectivity index (χ1n) is 1.41. The molecule has 0 nitrogen and oxygen atoms in total. The Morgan fingerprint density at radius 1 is 1.17 bits per heavy atom. The third-order valence-corrected chi connectivity index (χ3v) is 0. The molecule has 0 rings (SSSR count). The second kappa shape index (κ2) is 79.3. The van der Waals surface area contributed by atoms with Crippen LogP contribution in [0.2, 0.25) is 6.04 Å². The lowest BCUT2D eigenvalue weighted by atomic mass is 11.0. The van der Waals surface area contributed by atoms with Gasteiger partial charge in [-0.2, -0.15) is 0 Å². The molecule has 44 valence electrons. The van der Waals surface area contributed by atoms with E-state index in [0.717, 1.165) is 0 Å². The summed E-state index contributed by atoms with van der Waals surface area (Å²) in [6, 6.07) is 1.39. The fraction of sp³-hybridized carbons (Fsp3) is 1.00. The SMILES string of the molecule is CC[SiH3].F.F.F. The largest absolute Gasteiger partial charge is 0.269 e. The smallest absolute Gasteiger partial charge is 0.00244 e. The number of hydrogen-bond acceptors (Lipinski definition) is 0. The van der Waals surface area contributed by atoms with Crippen molar-refractivity contribution < 1.29 is 14.1 Å². The predicted molar refractivity (Wildman–Crippen MR) is 27.9 cm³/mol. The zero-order valence-electron chi connectivity index (χ0n) is 3.93. The van der Waals surface area contributed by atoms with Gasteiger partial charge in [-0.05, 0) is 0 Å². The van der Waals surface area contributed by atoms with Crippen molar-refractivity contribution >= 4 is 10.2 Å². The van der Waals surface area contributed by atoms with Crippen LogP contribution < -0.4 is 0 Å². The molecule has 0 N–H and O–H groups in total.